The SMILES string of the molecule is Cc1cnc(NC(=S)NCC2(c3cccc(Cl)c3)CCCC2)c(Cl)c1. The lowest BCUT2D eigenvalue weighted by molar-refractivity contribution is 0.435. The monoisotopic (exact) mass is 393 g/mol. The smallest absolute Gasteiger partial charge is 0.172 e. The number of aryl methyl sites for hydroxylation is 1. The molecule has 132 valence electrons. The summed E-state index contributed by atoms with van der Waals surface area (Å²) in [7, 11) is 0. The van der Waals surface area contributed by atoms with Gasteiger partial charge in [0.15, 0.2) is 10.9 Å². The highest BCUT2D eigenvalue weighted by atomic mass is 35.5. The van der Waals surface area contributed by atoms with Gasteiger partial charge in [-0.1, -0.05) is 48.2 Å². The molecule has 0 atom stereocenters. The highest BCUT2D eigenvalue weighted by Crippen LogP contribution is 2.41. The maximum Gasteiger partial charge on any atom is 0.172 e. The van der Waals surface area contributed by atoms with Crippen LogP contribution in [0.4, 0.5) is 5.82 Å². The first-order valence-electron chi connectivity index (χ1n) is 8.42. The van der Waals surface area contributed by atoms with Crippen molar-refractivity contribution in [3.63, 3.8) is 0 Å². The molecule has 1 aromatic carbocycles. The quantitative estimate of drug-likeness (QED) is 0.672. The van der Waals surface area contributed by atoms with Crippen LogP contribution in [0.3, 0.4) is 0 Å². The van der Waals surface area contributed by atoms with Gasteiger partial charge in [-0.25, -0.2) is 4.98 Å². The molecule has 1 saturated carbocycles. The third-order valence-corrected chi connectivity index (χ3v) is 5.56. The van der Waals surface area contributed by atoms with E-state index in [0.717, 1.165) is 30.0 Å². The molecule has 1 aliphatic carbocycles. The van der Waals surface area contributed by atoms with E-state index in [1.165, 1.54) is 18.4 Å². The maximum absolute atomic E-state index is 6.21. The van der Waals surface area contributed by atoms with Crippen LogP contribution in [0.25, 0.3) is 0 Å². The molecule has 2 aromatic rings. The van der Waals surface area contributed by atoms with Gasteiger partial charge in [0, 0.05) is 23.2 Å². The minimum atomic E-state index is 0.0706. The third kappa shape index (κ3) is 4.43. The Morgan fingerprint density at radius 3 is 2.68 bits per heavy atom. The van der Waals surface area contributed by atoms with Crippen LogP contribution in [0.5, 0.6) is 0 Å². The zero-order valence-corrected chi connectivity index (χ0v) is 16.4. The standard InChI is InChI=1S/C19H21Cl2N3S/c1-13-9-16(21)17(22-11-13)24-18(25)23-12-19(7-2-3-8-19)14-5-4-6-15(20)10-14/h4-6,9-11H,2-3,7-8,12H2,1H3,(H2,22,23,24,25). The largest absolute Gasteiger partial charge is 0.362 e. The zero-order valence-electron chi connectivity index (χ0n) is 14.1. The van der Waals surface area contributed by atoms with Crippen molar-refractivity contribution in [3.8, 4) is 0 Å². The van der Waals surface area contributed by atoms with Crippen LogP contribution < -0.4 is 10.6 Å². The fraction of sp³-hybridized carbons (Fsp3) is 0.368. The average molecular weight is 394 g/mol. The van der Waals surface area contributed by atoms with E-state index in [-0.39, 0.29) is 5.41 Å². The number of halogens is 2. The van der Waals surface area contributed by atoms with Crippen molar-refractivity contribution >= 4 is 46.4 Å². The Bertz CT molecular complexity index is 773. The lowest BCUT2D eigenvalue weighted by Gasteiger charge is -2.30. The summed E-state index contributed by atoms with van der Waals surface area (Å²) in [5.41, 5.74) is 2.36. The summed E-state index contributed by atoms with van der Waals surface area (Å²) >= 11 is 17.9. The minimum absolute atomic E-state index is 0.0706. The predicted molar refractivity (Wildman–Crippen MR) is 110 cm³/mol. The molecule has 2 N–H and O–H groups in total. The van der Waals surface area contributed by atoms with Gasteiger partial charge in [0.05, 0.1) is 5.02 Å². The van der Waals surface area contributed by atoms with E-state index < -0.39 is 0 Å². The second-order valence-electron chi connectivity index (χ2n) is 6.65. The van der Waals surface area contributed by atoms with Gasteiger partial charge < -0.3 is 10.6 Å². The van der Waals surface area contributed by atoms with E-state index in [1.807, 2.05) is 25.1 Å². The fourth-order valence-electron chi connectivity index (χ4n) is 3.46. The van der Waals surface area contributed by atoms with Crippen molar-refractivity contribution in [3.05, 3.63) is 57.7 Å². The highest BCUT2D eigenvalue weighted by molar-refractivity contribution is 7.80. The van der Waals surface area contributed by atoms with Crippen molar-refractivity contribution in [2.24, 2.45) is 0 Å². The molecule has 0 radical (unpaired) electrons. The molecule has 0 aliphatic heterocycles. The van der Waals surface area contributed by atoms with Crippen LogP contribution in [0.2, 0.25) is 10.0 Å². The topological polar surface area (TPSA) is 37.0 Å². The first-order chi connectivity index (χ1) is 12.0. The van der Waals surface area contributed by atoms with E-state index >= 15 is 0 Å². The Kier molecular flexibility index (Phi) is 5.82. The lowest BCUT2D eigenvalue weighted by atomic mass is 9.79. The molecule has 3 rings (SSSR count). The molecule has 1 fully saturated rings. The van der Waals surface area contributed by atoms with Crippen LogP contribution in [0.1, 0.15) is 36.8 Å². The third-order valence-electron chi connectivity index (χ3n) is 4.79. The van der Waals surface area contributed by atoms with Gasteiger partial charge in [-0.2, -0.15) is 0 Å². The number of aromatic nitrogens is 1. The van der Waals surface area contributed by atoms with Gasteiger partial charge in [-0.3, -0.25) is 0 Å². The molecule has 0 amide bonds. The summed E-state index contributed by atoms with van der Waals surface area (Å²) < 4.78 is 0. The van der Waals surface area contributed by atoms with Crippen molar-refractivity contribution in [1.82, 2.24) is 10.3 Å². The molecule has 0 saturated heterocycles. The molecule has 1 aliphatic rings. The molecule has 6 heteroatoms. The number of nitrogens with one attached hydrogen (secondary N) is 2. The van der Waals surface area contributed by atoms with Gasteiger partial charge in [-0.15, -0.1) is 0 Å². The predicted octanol–water partition coefficient (Wildman–Crippen LogP) is 5.50. The molecule has 3 nitrogen and oxygen atoms in total. The van der Waals surface area contributed by atoms with Crippen molar-refractivity contribution in [1.29, 1.82) is 0 Å². The van der Waals surface area contributed by atoms with Crippen LogP contribution in [0.15, 0.2) is 36.5 Å². The van der Waals surface area contributed by atoms with Crippen LogP contribution in [-0.4, -0.2) is 16.6 Å². The van der Waals surface area contributed by atoms with Gasteiger partial charge in [0.1, 0.15) is 0 Å². The Hall–Kier alpha value is -1.36. The fourth-order valence-corrected chi connectivity index (χ4v) is 4.09. The summed E-state index contributed by atoms with van der Waals surface area (Å²) in [5.74, 6) is 0.577. The van der Waals surface area contributed by atoms with Crippen molar-refractivity contribution < 1.29 is 0 Å². The van der Waals surface area contributed by atoms with E-state index in [9.17, 15) is 0 Å². The number of benzene rings is 1. The summed E-state index contributed by atoms with van der Waals surface area (Å²) in [5, 5.41) is 8.32. The summed E-state index contributed by atoms with van der Waals surface area (Å²) in [4.78, 5) is 4.30. The van der Waals surface area contributed by atoms with Crippen LogP contribution in [-0.2, 0) is 5.41 Å². The second-order valence-corrected chi connectivity index (χ2v) is 7.90. The van der Waals surface area contributed by atoms with Gasteiger partial charge in [0.2, 0.25) is 0 Å². The Morgan fingerprint density at radius 1 is 1.24 bits per heavy atom. The normalized spacial score (nSPS) is 15.8. The Labute approximate surface area is 164 Å². The summed E-state index contributed by atoms with van der Waals surface area (Å²) in [6, 6.07) is 10.0. The summed E-state index contributed by atoms with van der Waals surface area (Å²) in [6.45, 7) is 2.72. The molecular formula is C19H21Cl2N3S. The number of hydrogen-bond donors (Lipinski definition) is 2. The molecule has 0 unspecified atom stereocenters. The van der Waals surface area contributed by atoms with E-state index in [0.29, 0.717) is 16.0 Å². The van der Waals surface area contributed by atoms with Crippen molar-refractivity contribution in [2.45, 2.75) is 38.0 Å². The maximum atomic E-state index is 6.21. The number of hydrogen-bond acceptors (Lipinski definition) is 2. The van der Waals surface area contributed by atoms with Crippen LogP contribution >= 0.6 is 35.4 Å². The lowest BCUT2D eigenvalue weighted by Crippen LogP contribution is -2.40. The van der Waals surface area contributed by atoms with Gasteiger partial charge in [-0.05, 0) is 61.3 Å². The number of pyridine rings is 1. The summed E-state index contributed by atoms with van der Waals surface area (Å²) in [6.07, 6.45) is 6.47. The molecule has 1 heterocycles. The zero-order chi connectivity index (χ0) is 17.9. The Balaban J connectivity index is 1.68. The molecule has 25 heavy (non-hydrogen) atoms. The molecular weight excluding hydrogens is 373 g/mol. The highest BCUT2D eigenvalue weighted by Gasteiger charge is 2.35. The average Bonchev–Trinajstić information content (AvgIpc) is 3.06. The number of thiocarbonyl (C=S) groups is 1. The minimum Gasteiger partial charge on any atom is -0.362 e. The number of nitrogens with zero attached hydrogens (tertiary/aromatic N) is 1. The second kappa shape index (κ2) is 7.90. The van der Waals surface area contributed by atoms with E-state index in [4.69, 9.17) is 35.4 Å². The first-order valence-corrected chi connectivity index (χ1v) is 9.58. The number of rotatable bonds is 4. The van der Waals surface area contributed by atoms with E-state index in [1.54, 1.807) is 6.20 Å². The molecule has 0 spiro atoms. The van der Waals surface area contributed by atoms with Gasteiger partial charge >= 0.3 is 0 Å². The number of anilines is 1. The van der Waals surface area contributed by atoms with Gasteiger partial charge in [0.25, 0.3) is 0 Å². The first kappa shape index (κ1) is 18.4. The van der Waals surface area contributed by atoms with Crippen molar-refractivity contribution in [2.75, 3.05) is 11.9 Å². The molecule has 1 aromatic heterocycles. The Morgan fingerprint density at radius 2 is 2.00 bits per heavy atom. The molecule has 0 bridgehead atoms. The van der Waals surface area contributed by atoms with E-state index in [2.05, 4.69) is 27.8 Å². The van der Waals surface area contributed by atoms with Crippen LogP contribution in [0, 0.1) is 6.92 Å².